The molecular weight excluding hydrogens is 552 g/mol. The fourth-order valence-corrected chi connectivity index (χ4v) is 10.9. The van der Waals surface area contributed by atoms with Crippen LogP contribution in [0, 0.1) is 6.92 Å². The lowest BCUT2D eigenvalue weighted by atomic mass is 9.97. The number of hydrogen-bond acceptors (Lipinski definition) is 4. The third-order valence-electron chi connectivity index (χ3n) is 6.76. The average Bonchev–Trinajstić information content (AvgIpc) is 2.85. The third-order valence-corrected chi connectivity index (χ3v) is 14.4. The maximum atomic E-state index is 12.9. The van der Waals surface area contributed by atoms with Gasteiger partial charge in [-0.3, -0.25) is 4.21 Å². The second-order valence-corrected chi connectivity index (χ2v) is 17.4. The minimum atomic E-state index is -2.80. The van der Waals surface area contributed by atoms with Gasteiger partial charge in [0.15, 0.2) is 0 Å². The second-order valence-electron chi connectivity index (χ2n) is 10.5. The molecule has 4 nitrogen and oxygen atoms in total. The molecule has 0 bridgehead atoms. The molecule has 0 aliphatic carbocycles. The minimum absolute atomic E-state index is 0.0720. The maximum absolute atomic E-state index is 12.9. The van der Waals surface area contributed by atoms with Crippen LogP contribution in [0.3, 0.4) is 0 Å². The Morgan fingerprint density at radius 1 is 0.889 bits per heavy atom. The van der Waals surface area contributed by atoms with Crippen molar-refractivity contribution in [3.63, 3.8) is 0 Å². The Morgan fingerprint density at radius 3 is 1.81 bits per heavy atom. The van der Waals surface area contributed by atoms with Gasteiger partial charge in [-0.05, 0) is 41.4 Å². The van der Waals surface area contributed by atoms with Crippen LogP contribution >= 0.6 is 15.9 Å². The molecule has 36 heavy (non-hydrogen) atoms. The first-order valence-corrected chi connectivity index (χ1v) is 16.3. The van der Waals surface area contributed by atoms with Gasteiger partial charge >= 0.3 is 0 Å². The number of rotatable bonds is 10. The van der Waals surface area contributed by atoms with E-state index in [1.54, 1.807) is 19.1 Å². The molecule has 0 aliphatic rings. The number of alkyl halides is 1. The molecule has 0 radical (unpaired) electrons. The Bertz CT molecular complexity index is 1090. The van der Waals surface area contributed by atoms with E-state index in [0.717, 1.165) is 15.9 Å². The quantitative estimate of drug-likeness (QED) is 0.269. The van der Waals surface area contributed by atoms with Gasteiger partial charge in [-0.1, -0.05) is 115 Å². The zero-order valence-electron chi connectivity index (χ0n) is 21.6. The Morgan fingerprint density at radius 2 is 1.36 bits per heavy atom. The van der Waals surface area contributed by atoms with Crippen molar-refractivity contribution < 1.29 is 18.8 Å². The van der Waals surface area contributed by atoms with Gasteiger partial charge < -0.3 is 14.6 Å². The van der Waals surface area contributed by atoms with E-state index in [2.05, 4.69) is 61.0 Å². The molecule has 0 aliphatic heterocycles. The molecule has 3 aromatic carbocycles. The Labute approximate surface area is 227 Å². The van der Waals surface area contributed by atoms with Crippen molar-refractivity contribution in [2.75, 3.05) is 12.4 Å². The predicted molar refractivity (Wildman–Crippen MR) is 155 cm³/mol. The first-order valence-electron chi connectivity index (χ1n) is 12.1. The van der Waals surface area contributed by atoms with Gasteiger partial charge in [0.25, 0.3) is 8.32 Å². The fraction of sp³-hybridized carbons (Fsp3) is 0.379. The highest BCUT2D eigenvalue weighted by molar-refractivity contribution is 9.09. The lowest BCUT2D eigenvalue weighted by Crippen LogP contribution is -2.67. The summed E-state index contributed by atoms with van der Waals surface area (Å²) in [7, 11) is -4.24. The summed E-state index contributed by atoms with van der Waals surface area (Å²) >= 11 is 3.61. The summed E-state index contributed by atoms with van der Waals surface area (Å²) < 4.78 is 19.8. The molecule has 194 valence electrons. The zero-order chi connectivity index (χ0) is 26.6. The molecule has 2 N–H and O–H groups in total. The molecule has 3 aromatic rings. The monoisotopic (exact) mass is 588 g/mol. The van der Waals surface area contributed by atoms with Crippen LogP contribution in [0.25, 0.3) is 0 Å². The van der Waals surface area contributed by atoms with Crippen molar-refractivity contribution in [3.8, 4) is 0 Å². The number of hydrogen-bond donors (Lipinski definition) is 2. The van der Waals surface area contributed by atoms with E-state index in [4.69, 9.17) is 4.43 Å². The highest BCUT2D eigenvalue weighted by Gasteiger charge is 2.51. The summed E-state index contributed by atoms with van der Waals surface area (Å²) in [5, 5.41) is 24.4. The Hall–Kier alpha value is -1.61. The largest absolute Gasteiger partial charge is 0.406 e. The van der Waals surface area contributed by atoms with Crippen LogP contribution < -0.4 is 10.4 Å². The van der Waals surface area contributed by atoms with Crippen LogP contribution in [0.15, 0.2) is 89.8 Å². The SMILES string of the molecule is Cc1ccc(S(=O)C[C@@H](O)[C@](C)(O)[C@H](Br)CO[Si](c2ccccc2)(c2ccccc2)C(C)(C)C)cc1. The smallest absolute Gasteiger partial charge is 0.261 e. The molecule has 0 saturated heterocycles. The number of aliphatic hydroxyl groups excluding tert-OH is 1. The van der Waals surface area contributed by atoms with Gasteiger partial charge in [-0.25, -0.2) is 0 Å². The first-order chi connectivity index (χ1) is 16.9. The van der Waals surface area contributed by atoms with Gasteiger partial charge in [-0.15, -0.1) is 0 Å². The third kappa shape index (κ3) is 6.26. The molecule has 0 heterocycles. The second kappa shape index (κ2) is 11.8. The molecule has 1 unspecified atom stereocenters. The lowest BCUT2D eigenvalue weighted by Gasteiger charge is -2.44. The molecule has 0 aromatic heterocycles. The highest BCUT2D eigenvalue weighted by atomic mass is 79.9. The first kappa shape index (κ1) is 29.0. The molecule has 0 spiro atoms. The maximum Gasteiger partial charge on any atom is 0.261 e. The standard InChI is InChI=1S/C29H37BrO4SSi/c1-22-16-18-23(19-17-22)35(33)21-27(31)29(5,32)26(30)20-34-36(28(2,3)4,24-12-8-6-9-13-24)25-14-10-7-11-15-25/h6-19,26-27,31-32H,20-21H2,1-5H3/t26-,27-,29-,35?/m1/s1. The van der Waals surface area contributed by atoms with Gasteiger partial charge in [0, 0.05) is 4.90 Å². The van der Waals surface area contributed by atoms with Crippen molar-refractivity contribution in [1.29, 1.82) is 0 Å². The Kier molecular flexibility index (Phi) is 9.52. The minimum Gasteiger partial charge on any atom is -0.406 e. The topological polar surface area (TPSA) is 66.8 Å². The summed E-state index contributed by atoms with van der Waals surface area (Å²) in [6.45, 7) is 10.3. The summed E-state index contributed by atoms with van der Waals surface area (Å²) in [6, 6.07) is 28.0. The molecule has 0 saturated carbocycles. The summed E-state index contributed by atoms with van der Waals surface area (Å²) in [5.41, 5.74) is -0.490. The molecule has 0 fully saturated rings. The normalized spacial score (nSPS) is 16.7. The van der Waals surface area contributed by atoms with E-state index >= 15 is 0 Å². The zero-order valence-corrected chi connectivity index (χ0v) is 25.1. The van der Waals surface area contributed by atoms with Gasteiger partial charge in [0.2, 0.25) is 0 Å². The summed E-state index contributed by atoms with van der Waals surface area (Å²) in [4.78, 5) is 0.0433. The van der Waals surface area contributed by atoms with Gasteiger partial charge in [0.1, 0.15) is 5.60 Å². The fourth-order valence-electron chi connectivity index (χ4n) is 4.44. The number of aliphatic hydroxyl groups is 2. The van der Waals surface area contributed by atoms with Crippen LogP contribution in [-0.2, 0) is 15.2 Å². The lowest BCUT2D eigenvalue weighted by molar-refractivity contribution is -0.0557. The van der Waals surface area contributed by atoms with Crippen molar-refractivity contribution >= 4 is 45.4 Å². The van der Waals surface area contributed by atoms with Gasteiger partial charge in [0.05, 0.1) is 34.1 Å². The van der Waals surface area contributed by atoms with E-state index in [1.165, 1.54) is 0 Å². The van der Waals surface area contributed by atoms with Gasteiger partial charge in [-0.2, -0.15) is 0 Å². The highest BCUT2D eigenvalue weighted by Crippen LogP contribution is 2.37. The van der Waals surface area contributed by atoms with Crippen molar-refractivity contribution in [2.45, 2.75) is 61.1 Å². The molecule has 0 amide bonds. The Balaban J connectivity index is 1.85. The van der Waals surface area contributed by atoms with Crippen LogP contribution in [0.1, 0.15) is 33.3 Å². The van der Waals surface area contributed by atoms with Crippen LogP contribution in [-0.4, -0.2) is 51.6 Å². The summed E-state index contributed by atoms with van der Waals surface area (Å²) in [5.74, 6) is -0.0720. The molecular formula is C29H37BrO4SSi. The van der Waals surface area contributed by atoms with E-state index in [0.29, 0.717) is 4.90 Å². The summed E-state index contributed by atoms with van der Waals surface area (Å²) in [6.07, 6.45) is -1.22. The van der Waals surface area contributed by atoms with Crippen LogP contribution in [0.5, 0.6) is 0 Å². The van der Waals surface area contributed by atoms with Crippen LogP contribution in [0.4, 0.5) is 0 Å². The van der Waals surface area contributed by atoms with Crippen LogP contribution in [0.2, 0.25) is 5.04 Å². The van der Waals surface area contributed by atoms with E-state index in [-0.39, 0.29) is 17.4 Å². The van der Waals surface area contributed by atoms with Crippen molar-refractivity contribution in [1.82, 2.24) is 0 Å². The van der Waals surface area contributed by atoms with Crippen molar-refractivity contribution in [3.05, 3.63) is 90.5 Å². The molecule has 4 atom stereocenters. The number of aryl methyl sites for hydroxylation is 1. The van der Waals surface area contributed by atoms with E-state index in [1.807, 2.05) is 55.5 Å². The average molecular weight is 590 g/mol. The number of benzene rings is 3. The molecule has 7 heteroatoms. The number of halogens is 1. The molecule has 3 rings (SSSR count). The van der Waals surface area contributed by atoms with E-state index in [9.17, 15) is 14.4 Å². The predicted octanol–water partition coefficient (Wildman–Crippen LogP) is 4.55. The van der Waals surface area contributed by atoms with Crippen molar-refractivity contribution in [2.24, 2.45) is 0 Å². The van der Waals surface area contributed by atoms with E-state index < -0.39 is 35.6 Å².